The fraction of sp³-hybridized carbons (Fsp3) is 0.385. The molecule has 0 unspecified atom stereocenters. The van der Waals surface area contributed by atoms with Crippen molar-refractivity contribution in [1.29, 1.82) is 0 Å². The first-order valence-electron chi connectivity index (χ1n) is 5.95. The van der Waals surface area contributed by atoms with Crippen molar-refractivity contribution in [2.45, 2.75) is 13.1 Å². The van der Waals surface area contributed by atoms with Crippen LogP contribution in [0.3, 0.4) is 0 Å². The highest BCUT2D eigenvalue weighted by Crippen LogP contribution is 2.34. The summed E-state index contributed by atoms with van der Waals surface area (Å²) in [6, 6.07) is 3.39. The Balaban J connectivity index is 3.18. The molecule has 1 amide bonds. The van der Waals surface area contributed by atoms with Gasteiger partial charge in [-0.25, -0.2) is 0 Å². The van der Waals surface area contributed by atoms with Crippen molar-refractivity contribution in [3.8, 4) is 0 Å². The summed E-state index contributed by atoms with van der Waals surface area (Å²) < 4.78 is 38.6. The fourth-order valence-corrected chi connectivity index (χ4v) is 1.73. The average Bonchev–Trinajstić information content (AvgIpc) is 2.42. The first-order valence-corrected chi connectivity index (χ1v) is 5.95. The lowest BCUT2D eigenvalue weighted by Gasteiger charge is -2.23. The molecular formula is C13H15F3N2O2. The number of aldehydes is 1. The molecule has 0 aliphatic heterocycles. The first-order chi connectivity index (χ1) is 9.33. The van der Waals surface area contributed by atoms with E-state index in [1.165, 1.54) is 18.0 Å². The number of carbonyl (C=O) groups excluding carboxylic acids is 2. The molecule has 0 fully saturated rings. The predicted octanol–water partition coefficient (Wildman–Crippen LogP) is 2.09. The van der Waals surface area contributed by atoms with Crippen LogP contribution in [0, 0.1) is 0 Å². The van der Waals surface area contributed by atoms with Gasteiger partial charge in [0.05, 0.1) is 12.1 Å². The van der Waals surface area contributed by atoms with E-state index >= 15 is 0 Å². The van der Waals surface area contributed by atoms with E-state index in [1.807, 2.05) is 0 Å². The molecule has 0 saturated heterocycles. The number of hydrogen-bond acceptors (Lipinski definition) is 3. The molecule has 7 heteroatoms. The predicted molar refractivity (Wildman–Crippen MR) is 68.8 cm³/mol. The summed E-state index contributed by atoms with van der Waals surface area (Å²) in [5.74, 6) is -0.306. The van der Waals surface area contributed by atoms with Crippen molar-refractivity contribution in [2.75, 3.05) is 25.0 Å². The topological polar surface area (TPSA) is 49.4 Å². The summed E-state index contributed by atoms with van der Waals surface area (Å²) in [4.78, 5) is 23.5. The van der Waals surface area contributed by atoms with Crippen LogP contribution in [0.25, 0.3) is 0 Å². The van der Waals surface area contributed by atoms with Crippen LogP contribution in [0.2, 0.25) is 0 Å². The summed E-state index contributed by atoms with van der Waals surface area (Å²) in [6.07, 6.45) is -4.44. The molecule has 20 heavy (non-hydrogen) atoms. The molecule has 0 aliphatic carbocycles. The number of rotatable bonds is 5. The third-order valence-electron chi connectivity index (χ3n) is 2.83. The van der Waals surface area contributed by atoms with Crippen molar-refractivity contribution in [3.63, 3.8) is 0 Å². The molecule has 110 valence electrons. The van der Waals surface area contributed by atoms with E-state index in [0.717, 1.165) is 12.1 Å². The fourth-order valence-electron chi connectivity index (χ4n) is 1.73. The van der Waals surface area contributed by atoms with Gasteiger partial charge in [-0.2, -0.15) is 13.2 Å². The van der Waals surface area contributed by atoms with E-state index in [0.29, 0.717) is 6.54 Å². The van der Waals surface area contributed by atoms with Crippen molar-refractivity contribution >= 4 is 17.9 Å². The highest BCUT2D eigenvalue weighted by Gasteiger charge is 2.34. The molecule has 0 bridgehead atoms. The zero-order chi connectivity index (χ0) is 15.3. The Morgan fingerprint density at radius 3 is 2.50 bits per heavy atom. The van der Waals surface area contributed by atoms with Gasteiger partial charge in [0.15, 0.2) is 6.29 Å². The molecule has 0 heterocycles. The number of anilines is 1. The van der Waals surface area contributed by atoms with Crippen molar-refractivity contribution in [3.05, 3.63) is 29.3 Å². The van der Waals surface area contributed by atoms with Crippen LogP contribution in [0.15, 0.2) is 18.2 Å². The van der Waals surface area contributed by atoms with E-state index in [1.54, 1.807) is 6.92 Å². The minimum absolute atomic E-state index is 0.0509. The lowest BCUT2D eigenvalue weighted by atomic mass is 10.1. The SMILES string of the molecule is CCN(CC(=O)NC)c1ccc(C=O)c(C(F)(F)F)c1. The van der Waals surface area contributed by atoms with Gasteiger partial charge >= 0.3 is 6.18 Å². The maximum absolute atomic E-state index is 12.9. The molecule has 1 rings (SSSR count). The average molecular weight is 288 g/mol. The van der Waals surface area contributed by atoms with Crippen LogP contribution in [0.1, 0.15) is 22.8 Å². The number of benzene rings is 1. The minimum Gasteiger partial charge on any atom is -0.362 e. The van der Waals surface area contributed by atoms with Gasteiger partial charge in [-0.15, -0.1) is 0 Å². The monoisotopic (exact) mass is 288 g/mol. The Hall–Kier alpha value is -2.05. The number of nitrogens with one attached hydrogen (secondary N) is 1. The molecule has 1 aromatic carbocycles. The summed E-state index contributed by atoms with van der Waals surface area (Å²) in [5.41, 5.74) is -1.17. The summed E-state index contributed by atoms with van der Waals surface area (Å²) in [6.45, 7) is 2.04. The van der Waals surface area contributed by atoms with Crippen LogP contribution in [0.5, 0.6) is 0 Å². The van der Waals surface area contributed by atoms with Crippen LogP contribution in [-0.4, -0.2) is 32.3 Å². The second kappa shape index (κ2) is 6.40. The lowest BCUT2D eigenvalue weighted by molar-refractivity contribution is -0.137. The van der Waals surface area contributed by atoms with E-state index in [-0.39, 0.29) is 24.4 Å². The molecule has 0 radical (unpaired) electrons. The largest absolute Gasteiger partial charge is 0.417 e. The molecule has 0 spiro atoms. The van der Waals surface area contributed by atoms with E-state index in [4.69, 9.17) is 0 Å². The Kier molecular flexibility index (Phi) is 5.12. The van der Waals surface area contributed by atoms with Gasteiger partial charge in [-0.1, -0.05) is 0 Å². The van der Waals surface area contributed by atoms with Gasteiger partial charge in [0.1, 0.15) is 0 Å². The van der Waals surface area contributed by atoms with Crippen molar-refractivity contribution < 1.29 is 22.8 Å². The Morgan fingerprint density at radius 1 is 1.40 bits per heavy atom. The molecule has 1 aromatic rings. The Bertz CT molecular complexity index is 501. The number of nitrogens with zero attached hydrogens (tertiary/aromatic N) is 1. The van der Waals surface area contributed by atoms with E-state index in [2.05, 4.69) is 5.32 Å². The molecule has 0 atom stereocenters. The number of carbonyl (C=O) groups is 2. The van der Waals surface area contributed by atoms with Gasteiger partial charge in [0.2, 0.25) is 5.91 Å². The van der Waals surface area contributed by atoms with Crippen molar-refractivity contribution in [1.82, 2.24) is 5.32 Å². The second-order valence-electron chi connectivity index (χ2n) is 4.07. The van der Waals surface area contributed by atoms with Gasteiger partial charge in [0.25, 0.3) is 0 Å². The highest BCUT2D eigenvalue weighted by molar-refractivity contribution is 5.82. The van der Waals surface area contributed by atoms with Gasteiger partial charge in [0, 0.05) is 24.8 Å². The standard InChI is InChI=1S/C13H15F3N2O2/c1-3-18(7-12(20)17-2)10-5-4-9(8-19)11(6-10)13(14,15)16/h4-6,8H,3,7H2,1-2H3,(H,17,20). The molecule has 0 aromatic heterocycles. The second-order valence-corrected chi connectivity index (χ2v) is 4.07. The van der Waals surface area contributed by atoms with E-state index < -0.39 is 17.3 Å². The van der Waals surface area contributed by atoms with Crippen LogP contribution < -0.4 is 10.2 Å². The molecule has 4 nitrogen and oxygen atoms in total. The third-order valence-corrected chi connectivity index (χ3v) is 2.83. The normalized spacial score (nSPS) is 11.1. The van der Waals surface area contributed by atoms with Crippen LogP contribution in [-0.2, 0) is 11.0 Å². The zero-order valence-electron chi connectivity index (χ0n) is 11.1. The highest BCUT2D eigenvalue weighted by atomic mass is 19.4. The minimum atomic E-state index is -4.61. The zero-order valence-corrected chi connectivity index (χ0v) is 11.1. The number of likely N-dealkylation sites (N-methyl/N-ethyl adjacent to an activating group) is 2. The number of alkyl halides is 3. The smallest absolute Gasteiger partial charge is 0.362 e. The summed E-state index contributed by atoms with van der Waals surface area (Å²) in [7, 11) is 1.45. The van der Waals surface area contributed by atoms with E-state index in [9.17, 15) is 22.8 Å². The number of hydrogen-bond donors (Lipinski definition) is 1. The maximum Gasteiger partial charge on any atom is 0.417 e. The number of amides is 1. The van der Waals surface area contributed by atoms with Gasteiger partial charge < -0.3 is 10.2 Å². The maximum atomic E-state index is 12.9. The molecular weight excluding hydrogens is 273 g/mol. The first kappa shape index (κ1) is 16.0. The Morgan fingerprint density at radius 2 is 2.05 bits per heavy atom. The summed E-state index contributed by atoms with van der Waals surface area (Å²) in [5, 5.41) is 2.41. The Labute approximate surface area is 114 Å². The molecule has 1 N–H and O–H groups in total. The van der Waals surface area contributed by atoms with Crippen molar-refractivity contribution in [2.24, 2.45) is 0 Å². The van der Waals surface area contributed by atoms with Crippen LogP contribution in [0.4, 0.5) is 18.9 Å². The summed E-state index contributed by atoms with van der Waals surface area (Å²) >= 11 is 0. The third kappa shape index (κ3) is 3.72. The molecule has 0 saturated carbocycles. The van der Waals surface area contributed by atoms with Gasteiger partial charge in [-0.05, 0) is 25.1 Å². The number of halogens is 3. The lowest BCUT2D eigenvalue weighted by Crippen LogP contribution is -2.35. The van der Waals surface area contributed by atoms with Gasteiger partial charge in [-0.3, -0.25) is 9.59 Å². The molecule has 0 aliphatic rings. The quantitative estimate of drug-likeness (QED) is 0.844. The van der Waals surface area contributed by atoms with Crippen LogP contribution >= 0.6 is 0 Å².